The van der Waals surface area contributed by atoms with E-state index in [4.69, 9.17) is 5.26 Å². The molecule has 0 amide bonds. The van der Waals surface area contributed by atoms with Crippen molar-refractivity contribution < 1.29 is 9.59 Å². The summed E-state index contributed by atoms with van der Waals surface area (Å²) in [5.74, 6) is -0.144. The fourth-order valence-electron chi connectivity index (χ4n) is 1.88. The minimum Gasteiger partial charge on any atom is -0.294 e. The minimum absolute atomic E-state index is 0.0514. The number of halogens is 1. The average Bonchev–Trinajstić information content (AvgIpc) is 2.53. The third kappa shape index (κ3) is 4.11. The van der Waals surface area contributed by atoms with Crippen LogP contribution >= 0.6 is 15.9 Å². The van der Waals surface area contributed by atoms with E-state index < -0.39 is 0 Å². The lowest BCUT2D eigenvalue weighted by atomic mass is 10.0. The summed E-state index contributed by atoms with van der Waals surface area (Å²) in [5.41, 5.74) is 1.64. The standard InChI is InChI=1S/C17H12BrNO2/c18-15-7-5-14(6-8-15)17(21)10-9-16(20)13-3-1-12(11-19)2-4-13/h1-8H,9-10H2. The van der Waals surface area contributed by atoms with Crippen molar-refractivity contribution in [3.8, 4) is 6.07 Å². The molecule has 0 atom stereocenters. The smallest absolute Gasteiger partial charge is 0.163 e. The normalized spacial score (nSPS) is 9.90. The molecule has 0 aliphatic heterocycles. The number of nitriles is 1. The van der Waals surface area contributed by atoms with Gasteiger partial charge in [0.25, 0.3) is 0 Å². The summed E-state index contributed by atoms with van der Waals surface area (Å²) >= 11 is 3.31. The predicted octanol–water partition coefficient (Wildman–Crippen LogP) is 4.17. The van der Waals surface area contributed by atoms with Gasteiger partial charge in [0.1, 0.15) is 0 Å². The molecule has 0 saturated heterocycles. The molecule has 0 bridgehead atoms. The second-order valence-corrected chi connectivity index (χ2v) is 5.46. The molecule has 2 aromatic carbocycles. The van der Waals surface area contributed by atoms with Crippen LogP contribution in [-0.2, 0) is 0 Å². The van der Waals surface area contributed by atoms with Crippen LogP contribution in [-0.4, -0.2) is 11.6 Å². The molecular weight excluding hydrogens is 330 g/mol. The van der Waals surface area contributed by atoms with Crippen LogP contribution in [0.5, 0.6) is 0 Å². The van der Waals surface area contributed by atoms with E-state index in [1.807, 2.05) is 6.07 Å². The van der Waals surface area contributed by atoms with E-state index in [1.54, 1.807) is 48.5 Å². The van der Waals surface area contributed by atoms with Crippen LogP contribution < -0.4 is 0 Å². The highest BCUT2D eigenvalue weighted by atomic mass is 79.9. The highest BCUT2D eigenvalue weighted by molar-refractivity contribution is 9.10. The summed E-state index contributed by atoms with van der Waals surface area (Å²) in [4.78, 5) is 24.0. The van der Waals surface area contributed by atoms with Crippen molar-refractivity contribution in [1.82, 2.24) is 0 Å². The van der Waals surface area contributed by atoms with Crippen molar-refractivity contribution in [3.63, 3.8) is 0 Å². The highest BCUT2D eigenvalue weighted by Gasteiger charge is 2.11. The Kier molecular flexibility index (Phi) is 5.02. The number of rotatable bonds is 5. The average molecular weight is 342 g/mol. The maximum absolute atomic E-state index is 12.0. The van der Waals surface area contributed by atoms with E-state index in [2.05, 4.69) is 15.9 Å². The van der Waals surface area contributed by atoms with E-state index in [-0.39, 0.29) is 24.4 Å². The first-order valence-corrected chi connectivity index (χ1v) is 7.21. The van der Waals surface area contributed by atoms with Crippen LogP contribution in [0.15, 0.2) is 53.0 Å². The summed E-state index contributed by atoms with van der Waals surface area (Å²) < 4.78 is 0.910. The first-order chi connectivity index (χ1) is 10.1. The molecule has 0 radical (unpaired) electrons. The van der Waals surface area contributed by atoms with E-state index in [0.29, 0.717) is 16.7 Å². The van der Waals surface area contributed by atoms with Gasteiger partial charge < -0.3 is 0 Å². The van der Waals surface area contributed by atoms with Gasteiger partial charge in [-0.15, -0.1) is 0 Å². The van der Waals surface area contributed by atoms with E-state index >= 15 is 0 Å². The van der Waals surface area contributed by atoms with Crippen molar-refractivity contribution in [2.75, 3.05) is 0 Å². The van der Waals surface area contributed by atoms with Gasteiger partial charge in [0.05, 0.1) is 11.6 Å². The van der Waals surface area contributed by atoms with E-state index in [9.17, 15) is 9.59 Å². The Hall–Kier alpha value is -2.25. The fourth-order valence-corrected chi connectivity index (χ4v) is 2.15. The SMILES string of the molecule is N#Cc1ccc(C(=O)CCC(=O)c2ccc(Br)cc2)cc1. The van der Waals surface area contributed by atoms with Crippen molar-refractivity contribution >= 4 is 27.5 Å². The Bertz CT molecular complexity index is 697. The molecule has 21 heavy (non-hydrogen) atoms. The molecule has 0 heterocycles. The van der Waals surface area contributed by atoms with Crippen LogP contribution in [0.1, 0.15) is 39.1 Å². The molecule has 0 spiro atoms. The zero-order chi connectivity index (χ0) is 15.2. The van der Waals surface area contributed by atoms with Gasteiger partial charge >= 0.3 is 0 Å². The van der Waals surface area contributed by atoms with Crippen LogP contribution in [0.4, 0.5) is 0 Å². The Balaban J connectivity index is 1.95. The predicted molar refractivity (Wildman–Crippen MR) is 83.2 cm³/mol. The minimum atomic E-state index is -0.0926. The summed E-state index contributed by atoms with van der Waals surface area (Å²) in [6.07, 6.45) is 0.348. The molecule has 0 aromatic heterocycles. The van der Waals surface area contributed by atoms with Crippen LogP contribution in [0.25, 0.3) is 0 Å². The first-order valence-electron chi connectivity index (χ1n) is 6.42. The number of benzene rings is 2. The lowest BCUT2D eigenvalue weighted by Crippen LogP contribution is -2.05. The largest absolute Gasteiger partial charge is 0.294 e. The second-order valence-electron chi connectivity index (χ2n) is 4.54. The summed E-state index contributed by atoms with van der Waals surface area (Å²) in [6, 6.07) is 15.5. The van der Waals surface area contributed by atoms with Gasteiger partial charge in [0, 0.05) is 28.4 Å². The Morgan fingerprint density at radius 1 is 0.857 bits per heavy atom. The van der Waals surface area contributed by atoms with E-state index in [1.165, 1.54) is 0 Å². The zero-order valence-corrected chi connectivity index (χ0v) is 12.8. The first kappa shape index (κ1) is 15.1. The van der Waals surface area contributed by atoms with Gasteiger partial charge in [0.15, 0.2) is 11.6 Å². The van der Waals surface area contributed by atoms with Crippen molar-refractivity contribution in [1.29, 1.82) is 5.26 Å². The molecule has 0 N–H and O–H groups in total. The van der Waals surface area contributed by atoms with Gasteiger partial charge in [-0.25, -0.2) is 0 Å². The lowest BCUT2D eigenvalue weighted by molar-refractivity contribution is 0.0917. The number of hydrogen-bond donors (Lipinski definition) is 0. The number of hydrogen-bond acceptors (Lipinski definition) is 3. The van der Waals surface area contributed by atoms with Gasteiger partial charge in [0.2, 0.25) is 0 Å². The molecule has 0 aliphatic rings. The zero-order valence-electron chi connectivity index (χ0n) is 11.2. The fraction of sp³-hybridized carbons (Fsp3) is 0.118. The Labute approximate surface area is 131 Å². The molecule has 0 unspecified atom stereocenters. The van der Waals surface area contributed by atoms with Crippen molar-refractivity contribution in [3.05, 3.63) is 69.7 Å². The Morgan fingerprint density at radius 3 is 1.71 bits per heavy atom. The van der Waals surface area contributed by atoms with Crippen LogP contribution in [0.3, 0.4) is 0 Å². The third-order valence-electron chi connectivity index (χ3n) is 3.08. The second kappa shape index (κ2) is 6.96. The summed E-state index contributed by atoms with van der Waals surface area (Å²) in [7, 11) is 0. The molecule has 104 valence electrons. The summed E-state index contributed by atoms with van der Waals surface area (Å²) in [6.45, 7) is 0. The number of ketones is 2. The van der Waals surface area contributed by atoms with Gasteiger partial charge in [-0.1, -0.05) is 40.2 Å². The maximum atomic E-state index is 12.0. The highest BCUT2D eigenvalue weighted by Crippen LogP contribution is 2.14. The molecule has 3 nitrogen and oxygen atoms in total. The third-order valence-corrected chi connectivity index (χ3v) is 3.61. The van der Waals surface area contributed by atoms with E-state index in [0.717, 1.165) is 4.47 Å². The van der Waals surface area contributed by atoms with Crippen molar-refractivity contribution in [2.45, 2.75) is 12.8 Å². The monoisotopic (exact) mass is 341 g/mol. The quantitative estimate of drug-likeness (QED) is 0.767. The number of carbonyl (C=O) groups excluding carboxylic acids is 2. The molecule has 4 heteroatoms. The van der Waals surface area contributed by atoms with Crippen molar-refractivity contribution in [2.24, 2.45) is 0 Å². The molecule has 0 saturated carbocycles. The number of nitrogens with zero attached hydrogens (tertiary/aromatic N) is 1. The number of carbonyl (C=O) groups is 2. The van der Waals surface area contributed by atoms with Gasteiger partial charge in [-0.2, -0.15) is 5.26 Å². The molecule has 2 rings (SSSR count). The van der Waals surface area contributed by atoms with Crippen LogP contribution in [0.2, 0.25) is 0 Å². The molecular formula is C17H12BrNO2. The Morgan fingerprint density at radius 2 is 1.29 bits per heavy atom. The molecule has 2 aromatic rings. The van der Waals surface area contributed by atoms with Gasteiger partial charge in [-0.05, 0) is 24.3 Å². The summed E-state index contributed by atoms with van der Waals surface area (Å²) in [5, 5.41) is 8.71. The maximum Gasteiger partial charge on any atom is 0.163 e. The molecule has 0 aliphatic carbocycles. The van der Waals surface area contributed by atoms with Crippen LogP contribution in [0, 0.1) is 11.3 Å². The lowest BCUT2D eigenvalue weighted by Gasteiger charge is -2.02. The number of Topliss-reactive ketones (excluding diaryl/α,β-unsaturated/α-hetero) is 2. The molecule has 0 fully saturated rings. The van der Waals surface area contributed by atoms with Gasteiger partial charge in [-0.3, -0.25) is 9.59 Å². The topological polar surface area (TPSA) is 57.9 Å².